The molecule has 0 unspecified atom stereocenters. The Morgan fingerprint density at radius 3 is 2.53 bits per heavy atom. The molecule has 0 radical (unpaired) electrons. The van der Waals surface area contributed by atoms with Gasteiger partial charge in [0.1, 0.15) is 11.6 Å². The lowest BCUT2D eigenvalue weighted by Crippen LogP contribution is -2.45. The van der Waals surface area contributed by atoms with Gasteiger partial charge in [0.2, 0.25) is 5.91 Å². The molecule has 1 aliphatic heterocycles. The number of nitrogens with zero attached hydrogens (tertiary/aromatic N) is 4. The highest BCUT2D eigenvalue weighted by Gasteiger charge is 2.30. The van der Waals surface area contributed by atoms with Crippen molar-refractivity contribution in [2.24, 2.45) is 13.0 Å². The van der Waals surface area contributed by atoms with Crippen LogP contribution >= 0.6 is 0 Å². The molecule has 1 saturated heterocycles. The number of aryl methyl sites for hydroxylation is 1. The second kappa shape index (κ2) is 9.00. The monoisotopic (exact) mass is 433 g/mol. The van der Waals surface area contributed by atoms with Crippen molar-refractivity contribution in [2.75, 3.05) is 31.6 Å². The number of ether oxygens (including phenoxy) is 1. The maximum atomic E-state index is 12.9. The fourth-order valence-electron chi connectivity index (χ4n) is 5.01. The number of amides is 1. The molecule has 7 heteroatoms. The van der Waals surface area contributed by atoms with Crippen molar-refractivity contribution in [3.05, 3.63) is 42.5 Å². The van der Waals surface area contributed by atoms with Gasteiger partial charge in [0.15, 0.2) is 0 Å². The molecule has 32 heavy (non-hydrogen) atoms. The smallest absolute Gasteiger partial charge is 0.228 e. The lowest BCUT2D eigenvalue weighted by Gasteiger charge is -2.38. The third kappa shape index (κ3) is 4.27. The number of hydrogen-bond donors (Lipinski definition) is 1. The third-order valence-electron chi connectivity index (χ3n) is 7.12. The fraction of sp³-hybridized carbons (Fsp3) is 0.480. The number of hydrogen-bond acceptors (Lipinski definition) is 5. The van der Waals surface area contributed by atoms with Crippen molar-refractivity contribution in [3.8, 4) is 11.3 Å². The van der Waals surface area contributed by atoms with E-state index < -0.39 is 0 Å². The van der Waals surface area contributed by atoms with Gasteiger partial charge in [-0.15, -0.1) is 0 Å². The minimum Gasteiger partial charge on any atom is -0.379 e. The second-order valence-corrected chi connectivity index (χ2v) is 9.02. The van der Waals surface area contributed by atoms with Gasteiger partial charge >= 0.3 is 0 Å². The maximum absolute atomic E-state index is 12.9. The molecule has 0 bridgehead atoms. The molecule has 2 aromatic heterocycles. The molecular weight excluding hydrogens is 402 g/mol. The number of pyridine rings is 1. The lowest BCUT2D eigenvalue weighted by atomic mass is 9.84. The van der Waals surface area contributed by atoms with Gasteiger partial charge in [-0.2, -0.15) is 0 Å². The molecule has 1 aliphatic carbocycles. The second-order valence-electron chi connectivity index (χ2n) is 9.02. The first-order valence-electron chi connectivity index (χ1n) is 11.6. The summed E-state index contributed by atoms with van der Waals surface area (Å²) in [5.74, 6) is 1.76. The standard InChI is InChI=1S/C25H31N5O2/c1-17-26-16-23(29(17)2)19-3-4-20-15-27-24(14-21(20)13-19)28-25(31)18-5-7-22(8-6-18)30-9-11-32-12-10-30/h3-4,13-16,18,22H,5-12H2,1-2H3,(H,27,28,31). The first-order valence-corrected chi connectivity index (χ1v) is 11.6. The summed E-state index contributed by atoms with van der Waals surface area (Å²) in [4.78, 5) is 24.3. The van der Waals surface area contributed by atoms with E-state index in [9.17, 15) is 4.79 Å². The summed E-state index contributed by atoms with van der Waals surface area (Å²) in [5.41, 5.74) is 2.18. The van der Waals surface area contributed by atoms with Crippen LogP contribution in [-0.2, 0) is 16.6 Å². The number of aromatic nitrogens is 3. The zero-order chi connectivity index (χ0) is 22.1. The van der Waals surface area contributed by atoms with E-state index >= 15 is 0 Å². The molecule has 0 spiro atoms. The molecule has 5 rings (SSSR count). The maximum Gasteiger partial charge on any atom is 0.228 e. The van der Waals surface area contributed by atoms with Crippen LogP contribution in [0.25, 0.3) is 22.0 Å². The highest BCUT2D eigenvalue weighted by Crippen LogP contribution is 2.30. The predicted octanol–water partition coefficient (Wildman–Crippen LogP) is 3.77. The van der Waals surface area contributed by atoms with Gasteiger partial charge in [-0.3, -0.25) is 9.69 Å². The summed E-state index contributed by atoms with van der Waals surface area (Å²) in [7, 11) is 2.02. The molecule has 1 amide bonds. The number of morpholine rings is 1. The van der Waals surface area contributed by atoms with Crippen molar-refractivity contribution in [3.63, 3.8) is 0 Å². The minimum absolute atomic E-state index is 0.0635. The van der Waals surface area contributed by atoms with Gasteiger partial charge in [-0.05, 0) is 50.1 Å². The average molecular weight is 434 g/mol. The Balaban J connectivity index is 1.25. The number of nitrogens with one attached hydrogen (secondary N) is 1. The van der Waals surface area contributed by atoms with Gasteiger partial charge in [0.05, 0.1) is 25.1 Å². The first-order chi connectivity index (χ1) is 15.6. The summed E-state index contributed by atoms with van der Waals surface area (Å²) >= 11 is 0. The SMILES string of the molecule is Cc1ncc(-c2ccc3cnc(NC(=O)C4CCC(N5CCOCC5)CC4)cc3c2)n1C. The molecule has 0 atom stereocenters. The van der Waals surface area contributed by atoms with E-state index in [0.29, 0.717) is 11.9 Å². The van der Waals surface area contributed by atoms with Crippen molar-refractivity contribution < 1.29 is 9.53 Å². The number of anilines is 1. The van der Waals surface area contributed by atoms with Gasteiger partial charge < -0.3 is 14.6 Å². The van der Waals surface area contributed by atoms with Crippen LogP contribution in [0, 0.1) is 12.8 Å². The van der Waals surface area contributed by atoms with Gasteiger partial charge in [0.25, 0.3) is 0 Å². The van der Waals surface area contributed by atoms with Crippen LogP contribution in [0.3, 0.4) is 0 Å². The Bertz CT molecular complexity index is 1110. The summed E-state index contributed by atoms with van der Waals surface area (Å²) in [6.07, 6.45) is 7.76. The van der Waals surface area contributed by atoms with Gasteiger partial charge in [0, 0.05) is 49.2 Å². The minimum atomic E-state index is 0.0635. The topological polar surface area (TPSA) is 72.3 Å². The molecular formula is C25H31N5O2. The summed E-state index contributed by atoms with van der Waals surface area (Å²) in [6.45, 7) is 5.69. The molecule has 7 nitrogen and oxygen atoms in total. The van der Waals surface area contributed by atoms with Crippen molar-refractivity contribution in [2.45, 2.75) is 38.6 Å². The third-order valence-corrected chi connectivity index (χ3v) is 7.12. The van der Waals surface area contributed by atoms with E-state index in [1.54, 1.807) is 0 Å². The number of rotatable bonds is 4. The Morgan fingerprint density at radius 1 is 1.03 bits per heavy atom. The van der Waals surface area contributed by atoms with Crippen molar-refractivity contribution in [1.82, 2.24) is 19.4 Å². The number of benzene rings is 1. The Kier molecular flexibility index (Phi) is 5.93. The first kappa shape index (κ1) is 21.1. The Hall–Kier alpha value is -2.77. The molecule has 3 heterocycles. The van der Waals surface area contributed by atoms with E-state index in [1.807, 2.05) is 32.4 Å². The van der Waals surface area contributed by atoms with E-state index in [-0.39, 0.29) is 11.8 Å². The quantitative estimate of drug-likeness (QED) is 0.678. The van der Waals surface area contributed by atoms with Crippen LogP contribution in [0.1, 0.15) is 31.5 Å². The number of imidazole rings is 1. The van der Waals surface area contributed by atoms with Gasteiger partial charge in [-0.1, -0.05) is 12.1 Å². The zero-order valence-corrected chi connectivity index (χ0v) is 18.9. The molecule has 1 aromatic carbocycles. The molecule has 1 N–H and O–H groups in total. The fourth-order valence-corrected chi connectivity index (χ4v) is 5.01. The largest absolute Gasteiger partial charge is 0.379 e. The van der Waals surface area contributed by atoms with Crippen LogP contribution < -0.4 is 5.32 Å². The van der Waals surface area contributed by atoms with Crippen molar-refractivity contribution in [1.29, 1.82) is 0 Å². The highest BCUT2D eigenvalue weighted by molar-refractivity contribution is 5.95. The Morgan fingerprint density at radius 2 is 1.81 bits per heavy atom. The van der Waals surface area contributed by atoms with Crippen LogP contribution in [0.4, 0.5) is 5.82 Å². The summed E-state index contributed by atoms with van der Waals surface area (Å²) in [5, 5.41) is 5.18. The summed E-state index contributed by atoms with van der Waals surface area (Å²) < 4.78 is 7.55. The van der Waals surface area contributed by atoms with Crippen LogP contribution in [0.2, 0.25) is 0 Å². The molecule has 1 saturated carbocycles. The van der Waals surface area contributed by atoms with E-state index in [1.165, 1.54) is 0 Å². The molecule has 2 aliphatic rings. The molecule has 2 fully saturated rings. The van der Waals surface area contributed by atoms with Crippen LogP contribution in [-0.4, -0.2) is 57.7 Å². The number of carbonyl (C=O) groups is 1. The van der Waals surface area contributed by atoms with E-state index in [0.717, 1.165) is 79.8 Å². The number of carbonyl (C=O) groups excluding carboxylic acids is 1. The van der Waals surface area contributed by atoms with Crippen LogP contribution in [0.15, 0.2) is 36.7 Å². The summed E-state index contributed by atoms with van der Waals surface area (Å²) in [6, 6.07) is 8.86. The predicted molar refractivity (Wildman–Crippen MR) is 125 cm³/mol. The molecule has 3 aromatic rings. The van der Waals surface area contributed by atoms with E-state index in [4.69, 9.17) is 4.74 Å². The normalized spacial score (nSPS) is 22.2. The van der Waals surface area contributed by atoms with Crippen LogP contribution in [0.5, 0.6) is 0 Å². The van der Waals surface area contributed by atoms with E-state index in [2.05, 4.69) is 43.0 Å². The zero-order valence-electron chi connectivity index (χ0n) is 18.9. The molecule has 168 valence electrons. The lowest BCUT2D eigenvalue weighted by molar-refractivity contribution is -0.121. The van der Waals surface area contributed by atoms with Gasteiger partial charge in [-0.25, -0.2) is 9.97 Å². The Labute approximate surface area is 188 Å². The highest BCUT2D eigenvalue weighted by atomic mass is 16.5. The van der Waals surface area contributed by atoms with Crippen molar-refractivity contribution >= 4 is 22.5 Å². The number of fused-ring (bicyclic) bond motifs is 1. The average Bonchev–Trinajstić information content (AvgIpc) is 3.17.